The number of fused-ring (bicyclic) bond motifs is 1. The van der Waals surface area contributed by atoms with E-state index in [0.29, 0.717) is 0 Å². The summed E-state index contributed by atoms with van der Waals surface area (Å²) >= 11 is 0. The maximum absolute atomic E-state index is 9.50. The molecule has 0 amide bonds. The molecule has 1 nitrogen and oxygen atoms in total. The maximum atomic E-state index is 9.50. The van der Waals surface area contributed by atoms with Gasteiger partial charge in [-0.2, -0.15) is 0 Å². The van der Waals surface area contributed by atoms with E-state index >= 15 is 0 Å². The van der Waals surface area contributed by atoms with Crippen molar-refractivity contribution in [2.45, 2.75) is 45.1 Å². The molecule has 1 N–H and O–H groups in total. The molecule has 0 saturated heterocycles. The maximum Gasteiger partial charge on any atom is 0.0762 e. The van der Waals surface area contributed by atoms with Crippen molar-refractivity contribution in [2.75, 3.05) is 0 Å². The van der Waals surface area contributed by atoms with Crippen molar-refractivity contribution in [2.24, 2.45) is 0 Å². The Hall–Kier alpha value is -0.820. The van der Waals surface area contributed by atoms with Gasteiger partial charge in [-0.3, -0.25) is 0 Å². The van der Waals surface area contributed by atoms with Gasteiger partial charge in [-0.25, -0.2) is 0 Å². The number of hydrogen-bond acceptors (Lipinski definition) is 1. The van der Waals surface area contributed by atoms with Gasteiger partial charge in [0.1, 0.15) is 0 Å². The van der Waals surface area contributed by atoms with Gasteiger partial charge in [-0.05, 0) is 49.3 Å². The van der Waals surface area contributed by atoms with E-state index in [1.54, 1.807) is 0 Å². The van der Waals surface area contributed by atoms with Crippen LogP contribution in [-0.4, -0.2) is 5.11 Å². The molecule has 1 aromatic carbocycles. The summed E-state index contributed by atoms with van der Waals surface area (Å²) in [5.41, 5.74) is 4.01. The fourth-order valence-electron chi connectivity index (χ4n) is 2.19. The number of aliphatic hydroxyl groups is 1. The monoisotopic (exact) mass is 190 g/mol. The van der Waals surface area contributed by atoms with Crippen LogP contribution in [0, 0.1) is 0 Å². The Labute approximate surface area is 85.8 Å². The first-order valence-electron chi connectivity index (χ1n) is 5.57. The van der Waals surface area contributed by atoms with E-state index in [0.717, 1.165) is 5.56 Å². The predicted molar refractivity (Wildman–Crippen MR) is 58.3 cm³/mol. The van der Waals surface area contributed by atoms with Crippen molar-refractivity contribution < 1.29 is 5.11 Å². The second kappa shape index (κ2) is 4.14. The van der Waals surface area contributed by atoms with Gasteiger partial charge in [0.15, 0.2) is 0 Å². The third kappa shape index (κ3) is 1.98. The summed E-state index contributed by atoms with van der Waals surface area (Å²) < 4.78 is 0. The van der Waals surface area contributed by atoms with Crippen LogP contribution in [0.15, 0.2) is 18.2 Å². The lowest BCUT2D eigenvalue weighted by Crippen LogP contribution is -1.96. The van der Waals surface area contributed by atoms with Crippen molar-refractivity contribution in [3.63, 3.8) is 0 Å². The van der Waals surface area contributed by atoms with Gasteiger partial charge in [-0.1, -0.05) is 24.6 Å². The van der Waals surface area contributed by atoms with Gasteiger partial charge in [0, 0.05) is 0 Å². The van der Waals surface area contributed by atoms with Gasteiger partial charge in [0.2, 0.25) is 0 Å². The zero-order valence-corrected chi connectivity index (χ0v) is 8.79. The molecule has 1 atom stereocenters. The topological polar surface area (TPSA) is 20.2 Å². The van der Waals surface area contributed by atoms with Crippen molar-refractivity contribution >= 4 is 0 Å². The van der Waals surface area contributed by atoms with E-state index in [2.05, 4.69) is 18.2 Å². The second-order valence-corrected chi connectivity index (χ2v) is 4.26. The van der Waals surface area contributed by atoms with Crippen molar-refractivity contribution in [3.8, 4) is 0 Å². The summed E-state index contributed by atoms with van der Waals surface area (Å²) in [5.74, 6) is 0. The van der Waals surface area contributed by atoms with E-state index in [9.17, 15) is 5.11 Å². The van der Waals surface area contributed by atoms with Gasteiger partial charge in [-0.15, -0.1) is 0 Å². The van der Waals surface area contributed by atoms with Gasteiger partial charge >= 0.3 is 0 Å². The first-order valence-corrected chi connectivity index (χ1v) is 5.57. The quantitative estimate of drug-likeness (QED) is 0.675. The summed E-state index contributed by atoms with van der Waals surface area (Å²) in [6, 6.07) is 6.45. The highest BCUT2D eigenvalue weighted by atomic mass is 16.3. The molecule has 0 bridgehead atoms. The molecule has 2 rings (SSSR count). The molecular formula is C13H18O. The molecule has 0 aliphatic heterocycles. The third-order valence-electron chi connectivity index (χ3n) is 3.10. The molecule has 1 aliphatic carbocycles. The molecular weight excluding hydrogens is 172 g/mol. The first kappa shape index (κ1) is 9.72. The number of aliphatic hydroxyl groups excluding tert-OH is 1. The Morgan fingerprint density at radius 3 is 2.50 bits per heavy atom. The van der Waals surface area contributed by atoms with Crippen molar-refractivity contribution in [1.82, 2.24) is 0 Å². The molecule has 0 spiro atoms. The van der Waals surface area contributed by atoms with Crippen LogP contribution in [0.5, 0.6) is 0 Å². The van der Waals surface area contributed by atoms with Crippen LogP contribution in [-0.2, 0) is 12.8 Å². The van der Waals surface area contributed by atoms with E-state index in [1.165, 1.54) is 43.2 Å². The first-order chi connectivity index (χ1) is 6.77. The fourth-order valence-corrected chi connectivity index (χ4v) is 2.19. The van der Waals surface area contributed by atoms with Crippen LogP contribution < -0.4 is 0 Å². The Bertz CT molecular complexity index is 315. The molecule has 1 heteroatoms. The van der Waals surface area contributed by atoms with E-state index < -0.39 is 0 Å². The Kier molecular flexibility index (Phi) is 2.87. The molecule has 0 saturated carbocycles. The molecule has 1 aliphatic rings. The average molecular weight is 190 g/mol. The SMILES string of the molecule is CC(O)c1ccc2c(c1)CCCCC2. The zero-order chi connectivity index (χ0) is 9.97. The molecule has 1 aromatic rings. The van der Waals surface area contributed by atoms with Crippen LogP contribution in [0.1, 0.15) is 49.0 Å². The number of aryl methyl sites for hydroxylation is 2. The van der Waals surface area contributed by atoms with Crippen LogP contribution in [0.4, 0.5) is 0 Å². The van der Waals surface area contributed by atoms with Crippen LogP contribution in [0.25, 0.3) is 0 Å². The van der Waals surface area contributed by atoms with E-state index in [4.69, 9.17) is 0 Å². The van der Waals surface area contributed by atoms with Crippen LogP contribution in [0.2, 0.25) is 0 Å². The highest BCUT2D eigenvalue weighted by molar-refractivity contribution is 5.33. The minimum atomic E-state index is -0.330. The van der Waals surface area contributed by atoms with Gasteiger partial charge in [0.25, 0.3) is 0 Å². The number of hydrogen-bond donors (Lipinski definition) is 1. The summed E-state index contributed by atoms with van der Waals surface area (Å²) in [6.07, 6.45) is 6.05. The lowest BCUT2D eigenvalue weighted by molar-refractivity contribution is 0.199. The number of benzene rings is 1. The standard InChI is InChI=1S/C13H18O/c1-10(14)12-8-7-11-5-3-2-4-6-13(11)9-12/h7-10,14H,2-6H2,1H3. The fraction of sp³-hybridized carbons (Fsp3) is 0.538. The molecule has 0 aromatic heterocycles. The summed E-state index contributed by atoms with van der Waals surface area (Å²) in [4.78, 5) is 0. The number of rotatable bonds is 1. The lowest BCUT2D eigenvalue weighted by atomic mass is 9.98. The molecule has 1 unspecified atom stereocenters. The van der Waals surface area contributed by atoms with Gasteiger partial charge < -0.3 is 5.11 Å². The molecule has 0 radical (unpaired) electrons. The van der Waals surface area contributed by atoms with E-state index in [1.807, 2.05) is 6.92 Å². The van der Waals surface area contributed by atoms with E-state index in [-0.39, 0.29) is 6.10 Å². The molecule has 14 heavy (non-hydrogen) atoms. The highest BCUT2D eigenvalue weighted by Gasteiger charge is 2.09. The summed E-state index contributed by atoms with van der Waals surface area (Å²) in [7, 11) is 0. The molecule has 76 valence electrons. The normalized spacial score (nSPS) is 18.4. The summed E-state index contributed by atoms with van der Waals surface area (Å²) in [6.45, 7) is 1.83. The minimum Gasteiger partial charge on any atom is -0.389 e. The highest BCUT2D eigenvalue weighted by Crippen LogP contribution is 2.23. The Morgan fingerprint density at radius 1 is 1.07 bits per heavy atom. The Morgan fingerprint density at radius 2 is 1.79 bits per heavy atom. The summed E-state index contributed by atoms with van der Waals surface area (Å²) in [5, 5.41) is 9.50. The van der Waals surface area contributed by atoms with Crippen LogP contribution >= 0.6 is 0 Å². The Balaban J connectivity index is 2.32. The van der Waals surface area contributed by atoms with Gasteiger partial charge in [0.05, 0.1) is 6.10 Å². The van der Waals surface area contributed by atoms with Crippen molar-refractivity contribution in [3.05, 3.63) is 34.9 Å². The van der Waals surface area contributed by atoms with Crippen molar-refractivity contribution in [1.29, 1.82) is 0 Å². The van der Waals surface area contributed by atoms with Crippen LogP contribution in [0.3, 0.4) is 0 Å². The minimum absolute atomic E-state index is 0.330. The predicted octanol–water partition coefficient (Wildman–Crippen LogP) is 3.01. The second-order valence-electron chi connectivity index (χ2n) is 4.26. The average Bonchev–Trinajstić information content (AvgIpc) is 2.41. The molecule has 0 heterocycles. The largest absolute Gasteiger partial charge is 0.389 e. The zero-order valence-electron chi connectivity index (χ0n) is 8.79. The smallest absolute Gasteiger partial charge is 0.0762 e. The molecule has 0 fully saturated rings. The lowest BCUT2D eigenvalue weighted by Gasteiger charge is -2.10. The third-order valence-corrected chi connectivity index (χ3v) is 3.10.